The van der Waals surface area contributed by atoms with E-state index in [1.54, 1.807) is 24.4 Å². The number of hydrogen-bond donors (Lipinski definition) is 1. The number of carbonyl (C=O) groups is 2. The zero-order chi connectivity index (χ0) is 24.9. The maximum Gasteiger partial charge on any atom is 0.349 e. The normalized spacial score (nSPS) is 18.2. The molecule has 1 aliphatic heterocycles. The lowest BCUT2D eigenvalue weighted by Gasteiger charge is -2.21. The van der Waals surface area contributed by atoms with E-state index < -0.39 is 11.7 Å². The van der Waals surface area contributed by atoms with Gasteiger partial charge in [-0.1, -0.05) is 38.0 Å². The van der Waals surface area contributed by atoms with Gasteiger partial charge in [-0.15, -0.1) is 0 Å². The van der Waals surface area contributed by atoms with Crippen molar-refractivity contribution in [3.8, 4) is 0 Å². The van der Waals surface area contributed by atoms with Gasteiger partial charge in [-0.3, -0.25) is 19.1 Å². The molecule has 0 saturated carbocycles. The molecule has 0 radical (unpaired) electrons. The number of methoxy groups -OCH3 is 1. The van der Waals surface area contributed by atoms with Crippen molar-refractivity contribution in [3.63, 3.8) is 0 Å². The molecule has 34 heavy (non-hydrogen) atoms. The number of likely N-dealkylation sites (tertiary alicyclic amines) is 1. The zero-order valence-electron chi connectivity index (χ0n) is 19.8. The minimum atomic E-state index is -0.520. The van der Waals surface area contributed by atoms with Gasteiger partial charge < -0.3 is 10.1 Å². The average Bonchev–Trinajstić information content (AvgIpc) is 3.19. The molecule has 1 N–H and O–H groups in total. The summed E-state index contributed by atoms with van der Waals surface area (Å²) in [5.41, 5.74) is 9.69. The number of carbonyl (C=O) groups excluding carboxylic acids is 2. The first kappa shape index (κ1) is 24.9. The molecule has 2 heterocycles. The van der Waals surface area contributed by atoms with Gasteiger partial charge in [0.1, 0.15) is 5.82 Å². The quantitative estimate of drug-likeness (QED) is 0.287. The number of ether oxygens (including phenoxy) is 1. The summed E-state index contributed by atoms with van der Waals surface area (Å²) in [6.45, 7) is 6.89. The molecule has 1 aromatic heterocycles. The van der Waals surface area contributed by atoms with Crippen LogP contribution in [0.2, 0.25) is 0 Å². The molecule has 0 aliphatic carbocycles. The first-order valence-corrected chi connectivity index (χ1v) is 10.9. The van der Waals surface area contributed by atoms with Crippen molar-refractivity contribution in [1.82, 2.24) is 14.5 Å². The monoisotopic (exact) mass is 467 g/mol. The number of azide groups is 1. The molecule has 1 aromatic carbocycles. The third kappa shape index (κ3) is 6.00. The van der Waals surface area contributed by atoms with E-state index in [9.17, 15) is 14.4 Å². The van der Waals surface area contributed by atoms with Crippen LogP contribution in [0.5, 0.6) is 0 Å². The number of nitrogens with one attached hydrogen (secondary N) is 1. The summed E-state index contributed by atoms with van der Waals surface area (Å²) in [5, 5.41) is 6.28. The summed E-state index contributed by atoms with van der Waals surface area (Å²) < 4.78 is 6.20. The van der Waals surface area contributed by atoms with Crippen LogP contribution in [0.3, 0.4) is 0 Å². The summed E-state index contributed by atoms with van der Waals surface area (Å²) in [4.78, 5) is 45.7. The number of nitrogens with zero attached hydrogens (tertiary/aromatic N) is 6. The summed E-state index contributed by atoms with van der Waals surface area (Å²) in [6, 6.07) is 8.40. The molecule has 1 aliphatic rings. The minimum Gasteiger partial charge on any atom is -0.468 e. The van der Waals surface area contributed by atoms with Crippen molar-refractivity contribution in [3.05, 3.63) is 68.6 Å². The van der Waals surface area contributed by atoms with Gasteiger partial charge in [0.05, 0.1) is 19.7 Å². The smallest absolute Gasteiger partial charge is 0.349 e. The molecule has 3 rings (SSSR count). The lowest BCUT2D eigenvalue weighted by molar-refractivity contribution is -0.142. The number of hydrogen-bond acceptors (Lipinski definition) is 7. The zero-order valence-corrected chi connectivity index (χ0v) is 19.8. The highest BCUT2D eigenvalue weighted by atomic mass is 16.5. The van der Waals surface area contributed by atoms with E-state index in [-0.39, 0.29) is 42.3 Å². The average molecular weight is 468 g/mol. The van der Waals surface area contributed by atoms with Crippen molar-refractivity contribution in [2.75, 3.05) is 32.1 Å². The topological polar surface area (TPSA) is 142 Å². The van der Waals surface area contributed by atoms with Crippen LogP contribution in [0.4, 0.5) is 5.82 Å². The molecule has 1 fully saturated rings. The molecular weight excluding hydrogens is 438 g/mol. The maximum atomic E-state index is 12.7. The third-order valence-corrected chi connectivity index (χ3v) is 5.90. The summed E-state index contributed by atoms with van der Waals surface area (Å²) in [5.74, 6) is -0.614. The molecule has 0 spiro atoms. The molecular formula is C23H29N7O4. The molecule has 11 heteroatoms. The van der Waals surface area contributed by atoms with Crippen LogP contribution >= 0.6 is 0 Å². The van der Waals surface area contributed by atoms with Crippen LogP contribution in [0, 0.1) is 0 Å². The van der Waals surface area contributed by atoms with Gasteiger partial charge in [-0.2, -0.15) is 4.98 Å². The van der Waals surface area contributed by atoms with E-state index >= 15 is 0 Å². The first-order chi connectivity index (χ1) is 16.1. The van der Waals surface area contributed by atoms with Gasteiger partial charge in [-0.25, -0.2) is 4.79 Å². The Morgan fingerprint density at radius 2 is 1.97 bits per heavy atom. The van der Waals surface area contributed by atoms with Crippen LogP contribution < -0.4 is 11.0 Å². The van der Waals surface area contributed by atoms with Gasteiger partial charge in [0.25, 0.3) is 5.91 Å². The van der Waals surface area contributed by atoms with E-state index in [0.29, 0.717) is 18.5 Å². The Kier molecular flexibility index (Phi) is 7.70. The largest absolute Gasteiger partial charge is 0.468 e. The molecule has 1 saturated heterocycles. The second-order valence-electron chi connectivity index (χ2n) is 9.25. The lowest BCUT2D eigenvalue weighted by atomic mass is 9.87. The second kappa shape index (κ2) is 10.5. The summed E-state index contributed by atoms with van der Waals surface area (Å²) in [7, 11) is 1.30. The standard InChI is InChI=1S/C23H29N7O4/c1-23(2,3)16-7-5-15(6-8-16)21(32)26-19-9-10-30(22(33)27-19)18-11-17(12-25-28-24)29(13-18)14-20(31)34-4/h5-10,17-18H,11-14H2,1-4H3,(H,26,27,32,33)/t17-,18-/m1/s1. The van der Waals surface area contributed by atoms with Crippen LogP contribution in [-0.4, -0.2) is 59.1 Å². The number of amides is 1. The van der Waals surface area contributed by atoms with Crippen LogP contribution in [-0.2, 0) is 14.9 Å². The molecule has 2 atom stereocenters. The van der Waals surface area contributed by atoms with Crippen molar-refractivity contribution >= 4 is 17.7 Å². The predicted octanol–water partition coefficient (Wildman–Crippen LogP) is 2.89. The molecule has 180 valence electrons. The molecule has 0 unspecified atom stereocenters. The number of rotatable bonds is 7. The molecule has 1 amide bonds. The maximum absolute atomic E-state index is 12.7. The van der Waals surface area contributed by atoms with E-state index in [1.807, 2.05) is 17.0 Å². The Labute approximate surface area is 197 Å². The highest BCUT2D eigenvalue weighted by molar-refractivity contribution is 6.03. The number of esters is 1. The van der Waals surface area contributed by atoms with Crippen LogP contribution in [0.25, 0.3) is 10.4 Å². The lowest BCUT2D eigenvalue weighted by Crippen LogP contribution is -2.37. The van der Waals surface area contributed by atoms with Crippen molar-refractivity contribution < 1.29 is 14.3 Å². The fraction of sp³-hybridized carbons (Fsp3) is 0.478. The highest BCUT2D eigenvalue weighted by Crippen LogP contribution is 2.27. The van der Waals surface area contributed by atoms with E-state index in [2.05, 4.69) is 41.1 Å². The third-order valence-electron chi connectivity index (χ3n) is 5.90. The summed E-state index contributed by atoms with van der Waals surface area (Å²) >= 11 is 0. The Hall–Kier alpha value is -3.69. The van der Waals surface area contributed by atoms with E-state index in [1.165, 1.54) is 11.7 Å². The Morgan fingerprint density at radius 1 is 1.26 bits per heavy atom. The molecule has 11 nitrogen and oxygen atoms in total. The first-order valence-electron chi connectivity index (χ1n) is 10.9. The SMILES string of the molecule is COC(=O)CN1C[C@H](n2ccc(NC(=O)c3ccc(C(C)(C)C)cc3)nc2=O)C[C@@H]1CN=[N+]=[N-]. The Balaban J connectivity index is 1.72. The van der Waals surface area contributed by atoms with E-state index in [4.69, 9.17) is 10.3 Å². The van der Waals surface area contributed by atoms with Gasteiger partial charge in [0.15, 0.2) is 0 Å². The van der Waals surface area contributed by atoms with Gasteiger partial charge >= 0.3 is 11.7 Å². The minimum absolute atomic E-state index is 0.0201. The number of benzene rings is 1. The Morgan fingerprint density at radius 3 is 2.56 bits per heavy atom. The predicted molar refractivity (Wildman–Crippen MR) is 127 cm³/mol. The Bertz CT molecular complexity index is 1150. The molecule has 2 aromatic rings. The van der Waals surface area contributed by atoms with Gasteiger partial charge in [0.2, 0.25) is 0 Å². The van der Waals surface area contributed by atoms with Crippen molar-refractivity contribution in [1.29, 1.82) is 0 Å². The fourth-order valence-corrected chi connectivity index (χ4v) is 3.97. The van der Waals surface area contributed by atoms with E-state index in [0.717, 1.165) is 5.56 Å². The number of anilines is 1. The molecule has 0 bridgehead atoms. The van der Waals surface area contributed by atoms with Gasteiger partial charge in [-0.05, 0) is 41.1 Å². The van der Waals surface area contributed by atoms with Crippen LogP contribution in [0.1, 0.15) is 49.2 Å². The fourth-order valence-electron chi connectivity index (χ4n) is 3.97. The van der Waals surface area contributed by atoms with Gasteiger partial charge in [0, 0.05) is 35.8 Å². The number of aromatic nitrogens is 2. The van der Waals surface area contributed by atoms with Crippen molar-refractivity contribution in [2.24, 2.45) is 5.11 Å². The van der Waals surface area contributed by atoms with Crippen LogP contribution in [0.15, 0.2) is 46.4 Å². The van der Waals surface area contributed by atoms with Crippen molar-refractivity contribution in [2.45, 2.75) is 44.7 Å². The summed E-state index contributed by atoms with van der Waals surface area (Å²) in [6.07, 6.45) is 2.08. The highest BCUT2D eigenvalue weighted by Gasteiger charge is 2.34. The second-order valence-corrected chi connectivity index (χ2v) is 9.25.